The molecule has 4 heteroatoms. The van der Waals surface area contributed by atoms with Gasteiger partial charge in [0.05, 0.1) is 12.6 Å². The average molecular weight is 264 g/mol. The SMILES string of the molecule is Clc1cccc(C(C2=NCCN2)N2CCCC2)c1. The molecule has 2 aliphatic heterocycles. The van der Waals surface area contributed by atoms with Gasteiger partial charge in [-0.3, -0.25) is 9.89 Å². The fourth-order valence-corrected chi connectivity index (χ4v) is 3.02. The highest BCUT2D eigenvalue weighted by molar-refractivity contribution is 6.30. The van der Waals surface area contributed by atoms with E-state index in [-0.39, 0.29) is 6.04 Å². The predicted molar refractivity (Wildman–Crippen MR) is 75.3 cm³/mol. The fraction of sp³-hybridized carbons (Fsp3) is 0.500. The van der Waals surface area contributed by atoms with E-state index in [2.05, 4.69) is 27.3 Å². The topological polar surface area (TPSA) is 27.6 Å². The Balaban J connectivity index is 1.93. The molecule has 96 valence electrons. The van der Waals surface area contributed by atoms with Crippen LogP contribution in [-0.4, -0.2) is 36.9 Å². The van der Waals surface area contributed by atoms with Crippen LogP contribution in [0, 0.1) is 0 Å². The van der Waals surface area contributed by atoms with E-state index >= 15 is 0 Å². The second-order valence-corrected chi connectivity index (χ2v) is 5.33. The molecule has 1 aromatic carbocycles. The maximum Gasteiger partial charge on any atom is 0.119 e. The first-order valence-electron chi connectivity index (χ1n) is 6.62. The summed E-state index contributed by atoms with van der Waals surface area (Å²) in [5.74, 6) is 1.11. The summed E-state index contributed by atoms with van der Waals surface area (Å²) in [6, 6.07) is 8.42. The molecular formula is C14H18ClN3. The number of rotatable bonds is 3. The van der Waals surface area contributed by atoms with Crippen LogP contribution in [0.15, 0.2) is 29.3 Å². The van der Waals surface area contributed by atoms with E-state index in [0.29, 0.717) is 0 Å². The molecule has 18 heavy (non-hydrogen) atoms. The van der Waals surface area contributed by atoms with Crippen LogP contribution < -0.4 is 5.32 Å². The molecular weight excluding hydrogens is 246 g/mol. The second-order valence-electron chi connectivity index (χ2n) is 4.89. The first kappa shape index (κ1) is 12.0. The number of nitrogens with zero attached hydrogens (tertiary/aromatic N) is 2. The molecule has 0 radical (unpaired) electrons. The quantitative estimate of drug-likeness (QED) is 0.907. The lowest BCUT2D eigenvalue weighted by molar-refractivity contribution is 0.301. The fourth-order valence-electron chi connectivity index (χ4n) is 2.82. The van der Waals surface area contributed by atoms with Gasteiger partial charge in [0.1, 0.15) is 5.84 Å². The Bertz CT molecular complexity index is 452. The maximum absolute atomic E-state index is 6.12. The summed E-state index contributed by atoms with van der Waals surface area (Å²) in [5, 5.41) is 4.22. The van der Waals surface area contributed by atoms with Crippen molar-refractivity contribution in [3.05, 3.63) is 34.9 Å². The van der Waals surface area contributed by atoms with Gasteiger partial charge in [-0.25, -0.2) is 0 Å². The first-order valence-corrected chi connectivity index (χ1v) is 7.00. The third kappa shape index (κ3) is 2.38. The monoisotopic (exact) mass is 263 g/mol. The summed E-state index contributed by atoms with van der Waals surface area (Å²) in [6.07, 6.45) is 2.56. The Kier molecular flexibility index (Phi) is 3.52. The molecule has 1 N–H and O–H groups in total. The lowest BCUT2D eigenvalue weighted by Gasteiger charge is -2.28. The molecule has 3 nitrogen and oxygen atoms in total. The van der Waals surface area contributed by atoms with E-state index in [1.807, 2.05) is 12.1 Å². The lowest BCUT2D eigenvalue weighted by atomic mass is 10.0. The lowest BCUT2D eigenvalue weighted by Crippen LogP contribution is -2.37. The molecule has 0 aromatic heterocycles. The van der Waals surface area contributed by atoms with Crippen LogP contribution in [0.4, 0.5) is 0 Å². The van der Waals surface area contributed by atoms with Gasteiger partial charge in [-0.2, -0.15) is 0 Å². The number of halogens is 1. The number of aliphatic imine (C=N–C) groups is 1. The molecule has 0 aliphatic carbocycles. The predicted octanol–water partition coefficient (Wildman–Crippen LogP) is 2.48. The summed E-state index contributed by atoms with van der Waals surface area (Å²) >= 11 is 6.12. The largest absolute Gasteiger partial charge is 0.370 e. The van der Waals surface area contributed by atoms with Gasteiger partial charge in [0.15, 0.2) is 0 Å². The number of hydrogen-bond acceptors (Lipinski definition) is 3. The van der Waals surface area contributed by atoms with Gasteiger partial charge in [-0.15, -0.1) is 0 Å². The standard InChI is InChI=1S/C14H18ClN3/c15-12-5-3-4-11(10-12)13(14-16-6-7-17-14)18-8-1-2-9-18/h3-5,10,13H,1-2,6-9H2,(H,16,17). The molecule has 2 heterocycles. The number of hydrogen-bond donors (Lipinski definition) is 1. The summed E-state index contributed by atoms with van der Waals surface area (Å²) in [5.41, 5.74) is 1.25. The van der Waals surface area contributed by atoms with Crippen molar-refractivity contribution >= 4 is 17.4 Å². The highest BCUT2D eigenvalue weighted by Crippen LogP contribution is 2.28. The highest BCUT2D eigenvalue weighted by atomic mass is 35.5. The Morgan fingerprint density at radius 3 is 2.78 bits per heavy atom. The smallest absolute Gasteiger partial charge is 0.119 e. The van der Waals surface area contributed by atoms with Crippen molar-refractivity contribution < 1.29 is 0 Å². The molecule has 1 atom stereocenters. The molecule has 0 saturated carbocycles. The van der Waals surface area contributed by atoms with E-state index in [1.165, 1.54) is 18.4 Å². The molecule has 2 aliphatic rings. The van der Waals surface area contributed by atoms with Gasteiger partial charge >= 0.3 is 0 Å². The van der Waals surface area contributed by atoms with E-state index in [1.54, 1.807) is 0 Å². The van der Waals surface area contributed by atoms with Gasteiger partial charge in [-0.1, -0.05) is 23.7 Å². The summed E-state index contributed by atoms with van der Waals surface area (Å²) in [7, 11) is 0. The van der Waals surface area contributed by atoms with Crippen LogP contribution in [0.2, 0.25) is 5.02 Å². The first-order chi connectivity index (χ1) is 8.84. The number of nitrogens with one attached hydrogen (secondary N) is 1. The van der Waals surface area contributed by atoms with Crippen LogP contribution in [0.5, 0.6) is 0 Å². The number of benzene rings is 1. The molecule has 3 rings (SSSR count). The van der Waals surface area contributed by atoms with Crippen molar-refractivity contribution in [3.8, 4) is 0 Å². The van der Waals surface area contributed by atoms with Crippen molar-refractivity contribution in [3.63, 3.8) is 0 Å². The Labute approximate surface area is 113 Å². The third-order valence-electron chi connectivity index (χ3n) is 3.63. The highest BCUT2D eigenvalue weighted by Gasteiger charge is 2.29. The maximum atomic E-state index is 6.12. The zero-order chi connectivity index (χ0) is 12.4. The van der Waals surface area contributed by atoms with E-state index in [4.69, 9.17) is 11.6 Å². The van der Waals surface area contributed by atoms with Crippen molar-refractivity contribution in [2.24, 2.45) is 4.99 Å². The number of amidine groups is 1. The normalized spacial score (nSPS) is 21.7. The minimum absolute atomic E-state index is 0.258. The van der Waals surface area contributed by atoms with Gasteiger partial charge in [-0.05, 0) is 43.6 Å². The summed E-state index contributed by atoms with van der Waals surface area (Å²) in [6.45, 7) is 4.15. The molecule has 1 fully saturated rings. The average Bonchev–Trinajstić information content (AvgIpc) is 3.02. The number of likely N-dealkylation sites (tertiary alicyclic amines) is 1. The Hall–Kier alpha value is -1.06. The molecule has 1 aromatic rings. The minimum Gasteiger partial charge on any atom is -0.370 e. The van der Waals surface area contributed by atoms with Gasteiger partial charge in [0.25, 0.3) is 0 Å². The molecule has 1 saturated heterocycles. The zero-order valence-electron chi connectivity index (χ0n) is 10.4. The van der Waals surface area contributed by atoms with Crippen LogP contribution in [-0.2, 0) is 0 Å². The Morgan fingerprint density at radius 1 is 1.28 bits per heavy atom. The third-order valence-corrected chi connectivity index (χ3v) is 3.86. The molecule has 0 amide bonds. The van der Waals surface area contributed by atoms with E-state index in [0.717, 1.165) is 37.0 Å². The van der Waals surface area contributed by atoms with Crippen LogP contribution >= 0.6 is 11.6 Å². The minimum atomic E-state index is 0.258. The van der Waals surface area contributed by atoms with E-state index < -0.39 is 0 Å². The van der Waals surface area contributed by atoms with Crippen LogP contribution in [0.1, 0.15) is 24.4 Å². The summed E-state index contributed by atoms with van der Waals surface area (Å²) in [4.78, 5) is 7.11. The zero-order valence-corrected chi connectivity index (χ0v) is 11.2. The van der Waals surface area contributed by atoms with E-state index in [9.17, 15) is 0 Å². The van der Waals surface area contributed by atoms with Gasteiger partial charge < -0.3 is 5.32 Å². The summed E-state index contributed by atoms with van der Waals surface area (Å²) < 4.78 is 0. The molecule has 0 spiro atoms. The molecule has 0 bridgehead atoms. The second kappa shape index (κ2) is 5.29. The van der Waals surface area contributed by atoms with Crippen LogP contribution in [0.3, 0.4) is 0 Å². The van der Waals surface area contributed by atoms with Crippen LogP contribution in [0.25, 0.3) is 0 Å². The molecule has 1 unspecified atom stereocenters. The van der Waals surface area contributed by atoms with Crippen molar-refractivity contribution in [1.29, 1.82) is 0 Å². The van der Waals surface area contributed by atoms with Crippen molar-refractivity contribution in [2.75, 3.05) is 26.2 Å². The van der Waals surface area contributed by atoms with Gasteiger partial charge in [0.2, 0.25) is 0 Å². The Morgan fingerprint density at radius 2 is 2.11 bits per heavy atom. The van der Waals surface area contributed by atoms with Crippen molar-refractivity contribution in [2.45, 2.75) is 18.9 Å². The van der Waals surface area contributed by atoms with Crippen molar-refractivity contribution in [1.82, 2.24) is 10.2 Å². The van der Waals surface area contributed by atoms with Gasteiger partial charge in [0, 0.05) is 11.6 Å².